The first-order valence-corrected chi connectivity index (χ1v) is 12.7. The second kappa shape index (κ2) is 10.0. The molecule has 36 heavy (non-hydrogen) atoms. The number of aliphatic hydroxyl groups excluding tert-OH is 2. The first-order valence-electron chi connectivity index (χ1n) is 12.7. The van der Waals surface area contributed by atoms with Crippen LogP contribution in [0.4, 0.5) is 0 Å². The number of benzene rings is 4. The van der Waals surface area contributed by atoms with Gasteiger partial charge in [0.2, 0.25) is 0 Å². The number of aryl methyl sites for hydroxylation is 6. The summed E-state index contributed by atoms with van der Waals surface area (Å²) < 4.78 is 0. The standard InChI is InChI=1S/C34H38O2/c1-19-12-13-21(3)28(16-19)33(35)30-18-20(2)17-29(25(30)7)27-15-14-24(6)32(26(27)8)34(36)31-22(4)10-9-11-23(31)5/h9-18,33-36H,1-8H3. The van der Waals surface area contributed by atoms with E-state index >= 15 is 0 Å². The molecule has 2 unspecified atom stereocenters. The van der Waals surface area contributed by atoms with E-state index in [2.05, 4.69) is 110 Å². The number of rotatable bonds is 5. The van der Waals surface area contributed by atoms with E-state index in [9.17, 15) is 10.2 Å². The van der Waals surface area contributed by atoms with Gasteiger partial charge in [-0.25, -0.2) is 0 Å². The van der Waals surface area contributed by atoms with Crippen molar-refractivity contribution >= 4 is 0 Å². The highest BCUT2D eigenvalue weighted by Gasteiger charge is 2.23. The van der Waals surface area contributed by atoms with E-state index in [4.69, 9.17) is 0 Å². The predicted molar refractivity (Wildman–Crippen MR) is 151 cm³/mol. The second-order valence-electron chi connectivity index (χ2n) is 10.5. The molecule has 0 aliphatic carbocycles. The van der Waals surface area contributed by atoms with E-state index in [0.29, 0.717) is 0 Å². The Hall–Kier alpha value is -3.20. The minimum Gasteiger partial charge on any atom is -0.384 e. The van der Waals surface area contributed by atoms with Crippen molar-refractivity contribution < 1.29 is 10.2 Å². The monoisotopic (exact) mass is 478 g/mol. The Morgan fingerprint density at radius 1 is 0.472 bits per heavy atom. The average molecular weight is 479 g/mol. The van der Waals surface area contributed by atoms with Crippen LogP contribution in [0.3, 0.4) is 0 Å². The number of aliphatic hydroxyl groups is 2. The van der Waals surface area contributed by atoms with Crippen LogP contribution in [0.15, 0.2) is 60.7 Å². The largest absolute Gasteiger partial charge is 0.384 e. The molecule has 0 spiro atoms. The van der Waals surface area contributed by atoms with Gasteiger partial charge >= 0.3 is 0 Å². The van der Waals surface area contributed by atoms with E-state index in [1.54, 1.807) is 0 Å². The van der Waals surface area contributed by atoms with Gasteiger partial charge < -0.3 is 10.2 Å². The third-order valence-corrected chi connectivity index (χ3v) is 7.73. The molecule has 0 fully saturated rings. The molecule has 0 saturated carbocycles. The van der Waals surface area contributed by atoms with Crippen LogP contribution in [0.5, 0.6) is 0 Å². The number of hydrogen-bond acceptors (Lipinski definition) is 2. The summed E-state index contributed by atoms with van der Waals surface area (Å²) in [5.41, 5.74) is 14.7. The van der Waals surface area contributed by atoms with Gasteiger partial charge in [-0.05, 0) is 122 Å². The molecule has 2 N–H and O–H groups in total. The van der Waals surface area contributed by atoms with Crippen LogP contribution >= 0.6 is 0 Å². The predicted octanol–water partition coefficient (Wildman–Crippen LogP) is 7.98. The van der Waals surface area contributed by atoms with Gasteiger partial charge in [-0.2, -0.15) is 0 Å². The van der Waals surface area contributed by atoms with Crippen molar-refractivity contribution in [2.24, 2.45) is 0 Å². The van der Waals surface area contributed by atoms with Gasteiger partial charge in [0.1, 0.15) is 12.2 Å². The lowest BCUT2D eigenvalue weighted by Crippen LogP contribution is -2.10. The fourth-order valence-electron chi connectivity index (χ4n) is 5.65. The maximum atomic E-state index is 11.6. The van der Waals surface area contributed by atoms with Crippen molar-refractivity contribution in [2.75, 3.05) is 0 Å². The zero-order valence-electron chi connectivity index (χ0n) is 22.8. The van der Waals surface area contributed by atoms with Crippen LogP contribution in [0, 0.1) is 55.4 Å². The van der Waals surface area contributed by atoms with Crippen LogP contribution in [-0.4, -0.2) is 10.2 Å². The van der Waals surface area contributed by atoms with Crippen molar-refractivity contribution in [3.8, 4) is 11.1 Å². The lowest BCUT2D eigenvalue weighted by molar-refractivity contribution is 0.217. The first kappa shape index (κ1) is 25.9. The zero-order valence-corrected chi connectivity index (χ0v) is 22.8. The quantitative estimate of drug-likeness (QED) is 0.305. The van der Waals surface area contributed by atoms with Gasteiger partial charge in [0.25, 0.3) is 0 Å². The molecule has 4 aromatic carbocycles. The molecule has 0 aliphatic heterocycles. The second-order valence-corrected chi connectivity index (χ2v) is 10.5. The minimum absolute atomic E-state index is 0.698. The molecular formula is C34H38O2. The third kappa shape index (κ3) is 4.64. The summed E-state index contributed by atoms with van der Waals surface area (Å²) in [5, 5.41) is 23.1. The van der Waals surface area contributed by atoms with Crippen LogP contribution in [0.2, 0.25) is 0 Å². The molecule has 4 aromatic rings. The van der Waals surface area contributed by atoms with Crippen molar-refractivity contribution in [1.82, 2.24) is 0 Å². The van der Waals surface area contributed by atoms with Gasteiger partial charge in [0, 0.05) is 0 Å². The molecule has 0 heterocycles. The topological polar surface area (TPSA) is 40.5 Å². The molecule has 0 aliphatic rings. The minimum atomic E-state index is -0.700. The van der Waals surface area contributed by atoms with Gasteiger partial charge in [0.05, 0.1) is 0 Å². The Bertz CT molecular complexity index is 1420. The lowest BCUT2D eigenvalue weighted by atomic mass is 9.83. The Morgan fingerprint density at radius 2 is 1.06 bits per heavy atom. The summed E-state index contributed by atoms with van der Waals surface area (Å²) in [6.45, 7) is 16.6. The maximum absolute atomic E-state index is 11.6. The van der Waals surface area contributed by atoms with Crippen LogP contribution in [0.25, 0.3) is 11.1 Å². The molecule has 4 rings (SSSR count). The summed E-state index contributed by atoms with van der Waals surface area (Å²) in [6, 6.07) is 21.0. The molecule has 0 radical (unpaired) electrons. The Balaban J connectivity index is 1.89. The molecule has 186 valence electrons. The maximum Gasteiger partial charge on any atom is 0.105 e. The van der Waals surface area contributed by atoms with E-state index in [-0.39, 0.29) is 0 Å². The van der Waals surface area contributed by atoms with Crippen LogP contribution < -0.4 is 0 Å². The smallest absolute Gasteiger partial charge is 0.105 e. The SMILES string of the molecule is Cc1ccc(C)c(C(O)c2cc(C)cc(-c3ccc(C)c(C(O)c4c(C)cccc4C)c3C)c2C)c1. The summed E-state index contributed by atoms with van der Waals surface area (Å²) in [5.74, 6) is 0. The summed E-state index contributed by atoms with van der Waals surface area (Å²) in [6.07, 6.45) is -1.40. The Morgan fingerprint density at radius 3 is 1.72 bits per heavy atom. The van der Waals surface area contributed by atoms with Crippen molar-refractivity contribution in [3.05, 3.63) is 127 Å². The first-order chi connectivity index (χ1) is 17.0. The molecule has 0 bridgehead atoms. The summed E-state index contributed by atoms with van der Waals surface area (Å²) in [7, 11) is 0. The molecular weight excluding hydrogens is 440 g/mol. The normalized spacial score (nSPS) is 13.1. The highest BCUT2D eigenvalue weighted by atomic mass is 16.3. The van der Waals surface area contributed by atoms with E-state index in [1.165, 1.54) is 0 Å². The molecule has 0 aromatic heterocycles. The van der Waals surface area contributed by atoms with E-state index < -0.39 is 12.2 Å². The molecule has 0 saturated heterocycles. The Kier molecular flexibility index (Phi) is 7.22. The fraction of sp³-hybridized carbons (Fsp3) is 0.294. The highest BCUT2D eigenvalue weighted by Crippen LogP contribution is 2.40. The van der Waals surface area contributed by atoms with E-state index in [0.717, 1.165) is 77.9 Å². The molecule has 2 atom stereocenters. The lowest BCUT2D eigenvalue weighted by Gasteiger charge is -2.24. The van der Waals surface area contributed by atoms with Crippen LogP contribution in [-0.2, 0) is 0 Å². The summed E-state index contributed by atoms with van der Waals surface area (Å²) in [4.78, 5) is 0. The average Bonchev–Trinajstić information content (AvgIpc) is 2.81. The van der Waals surface area contributed by atoms with Gasteiger partial charge in [0.15, 0.2) is 0 Å². The molecule has 2 nitrogen and oxygen atoms in total. The van der Waals surface area contributed by atoms with Gasteiger partial charge in [-0.3, -0.25) is 0 Å². The molecule has 0 amide bonds. The van der Waals surface area contributed by atoms with Crippen LogP contribution in [0.1, 0.15) is 79.0 Å². The summed E-state index contributed by atoms with van der Waals surface area (Å²) >= 11 is 0. The van der Waals surface area contributed by atoms with Gasteiger partial charge in [-0.1, -0.05) is 71.8 Å². The zero-order chi connectivity index (χ0) is 26.3. The van der Waals surface area contributed by atoms with Gasteiger partial charge in [-0.15, -0.1) is 0 Å². The third-order valence-electron chi connectivity index (χ3n) is 7.73. The Labute approximate surface area is 216 Å². The fourth-order valence-corrected chi connectivity index (χ4v) is 5.65. The number of hydrogen-bond donors (Lipinski definition) is 2. The highest BCUT2D eigenvalue weighted by molar-refractivity contribution is 5.75. The van der Waals surface area contributed by atoms with Crippen molar-refractivity contribution in [3.63, 3.8) is 0 Å². The van der Waals surface area contributed by atoms with Crippen molar-refractivity contribution in [1.29, 1.82) is 0 Å². The van der Waals surface area contributed by atoms with Crippen molar-refractivity contribution in [2.45, 2.75) is 67.6 Å². The molecule has 2 heteroatoms. The van der Waals surface area contributed by atoms with E-state index in [1.807, 2.05) is 6.07 Å².